The number of aliphatic carboxylic acids is 1. The molecule has 1 aromatic rings. The lowest BCUT2D eigenvalue weighted by atomic mass is 9.79. The fourth-order valence-corrected chi connectivity index (χ4v) is 3.35. The highest BCUT2D eigenvalue weighted by atomic mass is 16.4. The summed E-state index contributed by atoms with van der Waals surface area (Å²) in [4.78, 5) is 13.7. The van der Waals surface area contributed by atoms with Crippen molar-refractivity contribution in [3.63, 3.8) is 0 Å². The van der Waals surface area contributed by atoms with Gasteiger partial charge >= 0.3 is 5.97 Å². The van der Waals surface area contributed by atoms with Gasteiger partial charge in [-0.05, 0) is 24.8 Å². The van der Waals surface area contributed by atoms with E-state index in [0.29, 0.717) is 6.04 Å². The number of hydrogen-bond acceptors (Lipinski definition) is 2. The summed E-state index contributed by atoms with van der Waals surface area (Å²) in [7, 11) is 0. The average molecular weight is 257 g/mol. The molecule has 0 spiro atoms. The lowest BCUT2D eigenvalue weighted by Crippen LogP contribution is -2.56. The summed E-state index contributed by atoms with van der Waals surface area (Å²) in [6, 6.07) is 10.3. The molecule has 2 unspecified atom stereocenters. The number of carboxylic acids is 1. The van der Waals surface area contributed by atoms with Gasteiger partial charge in [-0.3, -0.25) is 9.69 Å². The normalized spacial score (nSPS) is 29.6. The zero-order valence-electron chi connectivity index (χ0n) is 10.9. The maximum atomic E-state index is 11.5. The summed E-state index contributed by atoms with van der Waals surface area (Å²) in [5.74, 6) is -0.481. The molecule has 3 heteroatoms. The minimum absolute atomic E-state index is 0.193. The molecule has 1 saturated heterocycles. The van der Waals surface area contributed by atoms with E-state index in [-0.39, 0.29) is 12.0 Å². The molecule has 2 bridgehead atoms. The van der Waals surface area contributed by atoms with Crippen LogP contribution in [0.2, 0.25) is 0 Å². The van der Waals surface area contributed by atoms with Crippen molar-refractivity contribution in [1.29, 1.82) is 0 Å². The van der Waals surface area contributed by atoms with Crippen LogP contribution in [0, 0.1) is 5.92 Å². The van der Waals surface area contributed by atoms with Gasteiger partial charge in [0, 0.05) is 18.5 Å². The number of hydrogen-bond donors (Lipinski definition) is 1. The minimum Gasteiger partial charge on any atom is -0.480 e. The van der Waals surface area contributed by atoms with Crippen LogP contribution in [0.3, 0.4) is 0 Å². The monoisotopic (exact) mass is 257 g/mol. The van der Waals surface area contributed by atoms with E-state index in [1.165, 1.54) is 5.56 Å². The molecule has 3 atom stereocenters. The Balaban J connectivity index is 1.72. The smallest absolute Gasteiger partial charge is 0.321 e. The van der Waals surface area contributed by atoms with Gasteiger partial charge in [0.25, 0.3) is 0 Å². The maximum Gasteiger partial charge on any atom is 0.321 e. The Kier molecular flexibility index (Phi) is 3.38. The molecular weight excluding hydrogens is 238 g/mol. The zero-order chi connectivity index (χ0) is 13.2. The van der Waals surface area contributed by atoms with Gasteiger partial charge in [-0.25, -0.2) is 0 Å². The molecule has 1 aromatic carbocycles. The van der Waals surface area contributed by atoms with Crippen LogP contribution in [0.1, 0.15) is 18.4 Å². The van der Waals surface area contributed by atoms with Crippen LogP contribution in [0.5, 0.6) is 0 Å². The SMILES string of the molecule is O=C(O)[C@H]1C2C=CC(CC2)N1CCc1ccccc1. The predicted octanol–water partition coefficient (Wildman–Crippen LogP) is 2.33. The molecule has 2 heterocycles. The Hall–Kier alpha value is -1.61. The van der Waals surface area contributed by atoms with Crippen LogP contribution in [0.15, 0.2) is 42.5 Å². The fraction of sp³-hybridized carbons (Fsp3) is 0.438. The van der Waals surface area contributed by atoms with Crippen LogP contribution in [-0.2, 0) is 11.2 Å². The summed E-state index contributed by atoms with van der Waals surface area (Å²) >= 11 is 0. The van der Waals surface area contributed by atoms with Gasteiger partial charge in [-0.2, -0.15) is 0 Å². The van der Waals surface area contributed by atoms with Crippen molar-refractivity contribution in [2.45, 2.75) is 31.3 Å². The topological polar surface area (TPSA) is 40.5 Å². The Morgan fingerprint density at radius 3 is 2.63 bits per heavy atom. The van der Waals surface area contributed by atoms with Gasteiger partial charge in [0.2, 0.25) is 0 Å². The third kappa shape index (κ3) is 2.43. The lowest BCUT2D eigenvalue weighted by Gasteiger charge is -2.46. The summed E-state index contributed by atoms with van der Waals surface area (Å²) in [6.45, 7) is 0.826. The lowest BCUT2D eigenvalue weighted by molar-refractivity contribution is -0.148. The third-order valence-corrected chi connectivity index (χ3v) is 4.32. The molecule has 3 nitrogen and oxygen atoms in total. The van der Waals surface area contributed by atoms with E-state index in [2.05, 4.69) is 29.2 Å². The van der Waals surface area contributed by atoms with Crippen molar-refractivity contribution in [2.75, 3.05) is 6.54 Å². The summed E-state index contributed by atoms with van der Waals surface area (Å²) < 4.78 is 0. The van der Waals surface area contributed by atoms with Crippen molar-refractivity contribution in [2.24, 2.45) is 5.92 Å². The van der Waals surface area contributed by atoms with E-state index in [1.807, 2.05) is 18.2 Å². The highest BCUT2D eigenvalue weighted by Crippen LogP contribution is 2.35. The highest BCUT2D eigenvalue weighted by molar-refractivity contribution is 5.75. The molecule has 1 N–H and O–H groups in total. The molecule has 4 rings (SSSR count). The molecule has 0 radical (unpaired) electrons. The van der Waals surface area contributed by atoms with E-state index in [1.54, 1.807) is 0 Å². The summed E-state index contributed by atoms with van der Waals surface area (Å²) in [5.41, 5.74) is 1.28. The van der Waals surface area contributed by atoms with Crippen LogP contribution in [0.25, 0.3) is 0 Å². The standard InChI is InChI=1S/C16H19NO2/c18-16(19)15-13-6-8-14(9-7-13)17(15)11-10-12-4-2-1-3-5-12/h1-6,8,13-15H,7,9-11H2,(H,18,19)/t13?,14?,15-/m1/s1. The summed E-state index contributed by atoms with van der Waals surface area (Å²) in [5, 5.41) is 9.45. The fourth-order valence-electron chi connectivity index (χ4n) is 3.35. The third-order valence-electron chi connectivity index (χ3n) is 4.32. The molecule has 0 aromatic heterocycles. The highest BCUT2D eigenvalue weighted by Gasteiger charge is 2.42. The van der Waals surface area contributed by atoms with Crippen LogP contribution in [0.4, 0.5) is 0 Å². The van der Waals surface area contributed by atoms with E-state index >= 15 is 0 Å². The molecule has 1 aliphatic carbocycles. The van der Waals surface area contributed by atoms with Gasteiger partial charge in [-0.15, -0.1) is 0 Å². The van der Waals surface area contributed by atoms with Gasteiger partial charge in [-0.1, -0.05) is 42.5 Å². The van der Waals surface area contributed by atoms with Gasteiger partial charge in [0.1, 0.15) is 6.04 Å². The number of piperidine rings is 1. The Bertz CT molecular complexity index is 483. The van der Waals surface area contributed by atoms with Crippen LogP contribution < -0.4 is 0 Å². The first-order valence-electron chi connectivity index (χ1n) is 6.96. The first-order chi connectivity index (χ1) is 9.25. The van der Waals surface area contributed by atoms with E-state index in [9.17, 15) is 9.90 Å². The molecular formula is C16H19NO2. The van der Waals surface area contributed by atoms with Gasteiger partial charge < -0.3 is 5.11 Å². The van der Waals surface area contributed by atoms with Crippen molar-refractivity contribution in [1.82, 2.24) is 4.90 Å². The Morgan fingerprint density at radius 1 is 1.21 bits per heavy atom. The van der Waals surface area contributed by atoms with Crippen molar-refractivity contribution in [3.05, 3.63) is 48.0 Å². The number of carboxylic acid groups (broad SMARTS) is 1. The molecule has 2 aliphatic heterocycles. The Morgan fingerprint density at radius 2 is 2.00 bits per heavy atom. The molecule has 3 aliphatic rings. The van der Waals surface area contributed by atoms with Gasteiger partial charge in [0.15, 0.2) is 0 Å². The van der Waals surface area contributed by atoms with E-state index in [4.69, 9.17) is 0 Å². The summed E-state index contributed by atoms with van der Waals surface area (Å²) in [6.07, 6.45) is 7.33. The number of carbonyl (C=O) groups is 1. The second-order valence-corrected chi connectivity index (χ2v) is 5.45. The number of fused-ring (bicyclic) bond motifs is 2. The van der Waals surface area contributed by atoms with Gasteiger partial charge in [0.05, 0.1) is 0 Å². The quantitative estimate of drug-likeness (QED) is 0.842. The minimum atomic E-state index is -0.674. The second kappa shape index (κ2) is 5.17. The number of nitrogens with zero attached hydrogens (tertiary/aromatic N) is 1. The van der Waals surface area contributed by atoms with Crippen molar-refractivity contribution in [3.8, 4) is 0 Å². The number of rotatable bonds is 4. The Labute approximate surface area is 113 Å². The molecule has 0 amide bonds. The maximum absolute atomic E-state index is 11.5. The van der Waals surface area contributed by atoms with Crippen LogP contribution >= 0.6 is 0 Å². The molecule has 0 saturated carbocycles. The zero-order valence-corrected chi connectivity index (χ0v) is 10.9. The van der Waals surface area contributed by atoms with Crippen molar-refractivity contribution >= 4 is 5.97 Å². The predicted molar refractivity (Wildman–Crippen MR) is 73.9 cm³/mol. The number of benzene rings is 1. The van der Waals surface area contributed by atoms with Crippen LogP contribution in [-0.4, -0.2) is 34.6 Å². The largest absolute Gasteiger partial charge is 0.480 e. The molecule has 19 heavy (non-hydrogen) atoms. The molecule has 1 fully saturated rings. The first-order valence-corrected chi connectivity index (χ1v) is 6.96. The van der Waals surface area contributed by atoms with E-state index < -0.39 is 5.97 Å². The van der Waals surface area contributed by atoms with Crippen molar-refractivity contribution < 1.29 is 9.90 Å². The average Bonchev–Trinajstić information content (AvgIpc) is 2.46. The van der Waals surface area contributed by atoms with E-state index in [0.717, 1.165) is 25.8 Å². The second-order valence-electron chi connectivity index (χ2n) is 5.45. The first kappa shape index (κ1) is 12.4. The molecule has 100 valence electrons.